The molecule has 1 unspecified atom stereocenters. The van der Waals surface area contributed by atoms with Gasteiger partial charge in [0.15, 0.2) is 11.3 Å². The minimum atomic E-state index is -4.05. The van der Waals surface area contributed by atoms with E-state index in [2.05, 4.69) is 20.0 Å². The summed E-state index contributed by atoms with van der Waals surface area (Å²) in [6.45, 7) is 4.47. The summed E-state index contributed by atoms with van der Waals surface area (Å²) in [4.78, 5) is 32.9. The largest absolute Gasteiger partial charge is 0.493 e. The Morgan fingerprint density at radius 1 is 1.14 bits per heavy atom. The molecule has 12 heteroatoms. The van der Waals surface area contributed by atoms with Gasteiger partial charge in [0.05, 0.1) is 22.8 Å². The lowest BCUT2D eigenvalue weighted by atomic mass is 10.1. The standard InChI is InChI=1S/C25H32N6O5S/c1-3-36-20-12-11-17(37(34,35)30-19-10-6-7-13-26-24(19)32)14-18(20)22-28-25(33)21-15(2)27-23(31(21)29-22)16-8-4-5-9-16/h11-12,14,16,19,30H,3-10,13H2,1-2H3,(H,26,32)(H,28,29,33). The summed E-state index contributed by atoms with van der Waals surface area (Å²) in [5, 5.41) is 7.46. The molecule has 2 fully saturated rings. The van der Waals surface area contributed by atoms with Crippen molar-refractivity contribution in [2.75, 3.05) is 13.2 Å². The molecule has 1 aliphatic heterocycles. The third-order valence-corrected chi connectivity index (χ3v) is 8.54. The van der Waals surface area contributed by atoms with Crippen molar-refractivity contribution in [2.45, 2.75) is 75.6 Å². The first-order chi connectivity index (χ1) is 17.8. The van der Waals surface area contributed by atoms with Gasteiger partial charge < -0.3 is 15.0 Å². The summed E-state index contributed by atoms with van der Waals surface area (Å²) in [6, 6.07) is 3.54. The molecule has 198 valence electrons. The van der Waals surface area contributed by atoms with E-state index < -0.39 is 16.1 Å². The highest BCUT2D eigenvalue weighted by Crippen LogP contribution is 2.35. The van der Waals surface area contributed by atoms with Crippen LogP contribution in [0.3, 0.4) is 0 Å². The first-order valence-corrected chi connectivity index (χ1v) is 14.3. The van der Waals surface area contributed by atoms with Gasteiger partial charge in [0.1, 0.15) is 17.6 Å². The first-order valence-electron chi connectivity index (χ1n) is 12.9. The average Bonchev–Trinajstić information content (AvgIpc) is 3.46. The molecule has 5 rings (SSSR count). The number of benzene rings is 1. The summed E-state index contributed by atoms with van der Waals surface area (Å²) in [7, 11) is -4.05. The van der Waals surface area contributed by atoms with Gasteiger partial charge in [-0.1, -0.05) is 12.8 Å². The van der Waals surface area contributed by atoms with Gasteiger partial charge in [0.2, 0.25) is 15.9 Å². The summed E-state index contributed by atoms with van der Waals surface area (Å²) < 4.78 is 36.5. The van der Waals surface area contributed by atoms with Crippen LogP contribution in [0.15, 0.2) is 27.9 Å². The fraction of sp³-hybridized carbons (Fsp3) is 0.520. The number of carbonyl (C=O) groups excluding carboxylic acids is 1. The van der Waals surface area contributed by atoms with E-state index in [9.17, 15) is 18.0 Å². The molecule has 1 aromatic carbocycles. The molecule has 0 spiro atoms. The average molecular weight is 529 g/mol. The van der Waals surface area contributed by atoms with Crippen LogP contribution in [-0.2, 0) is 14.8 Å². The topological polar surface area (TPSA) is 148 Å². The highest BCUT2D eigenvalue weighted by molar-refractivity contribution is 7.89. The number of rotatable bonds is 7. The number of H-pyrrole nitrogens is 1. The van der Waals surface area contributed by atoms with Crippen LogP contribution in [0.2, 0.25) is 0 Å². The Bertz CT molecular complexity index is 1490. The van der Waals surface area contributed by atoms with Crippen LogP contribution in [0, 0.1) is 6.92 Å². The van der Waals surface area contributed by atoms with E-state index in [0.29, 0.717) is 42.1 Å². The maximum atomic E-state index is 13.3. The molecule has 1 aliphatic carbocycles. The molecule has 37 heavy (non-hydrogen) atoms. The van der Waals surface area contributed by atoms with E-state index in [1.807, 2.05) is 6.92 Å². The Balaban J connectivity index is 1.59. The van der Waals surface area contributed by atoms with Gasteiger partial charge in [-0.05, 0) is 64.2 Å². The Hall–Kier alpha value is -3.25. The van der Waals surface area contributed by atoms with E-state index in [1.54, 1.807) is 17.5 Å². The number of nitrogens with zero attached hydrogens (tertiary/aromatic N) is 3. The lowest BCUT2D eigenvalue weighted by Gasteiger charge is -2.17. The SMILES string of the molecule is CCOc1ccc(S(=O)(=O)NC2CCCCNC2=O)cc1-c1nn2c(C3CCCC3)nc(C)c2c(=O)[nH]1. The fourth-order valence-electron chi connectivity index (χ4n) is 5.21. The maximum Gasteiger partial charge on any atom is 0.277 e. The zero-order chi connectivity index (χ0) is 26.2. The Labute approximate surface area is 215 Å². The van der Waals surface area contributed by atoms with Crippen LogP contribution >= 0.6 is 0 Å². The van der Waals surface area contributed by atoms with Crippen molar-refractivity contribution >= 4 is 21.4 Å². The molecule has 11 nitrogen and oxygen atoms in total. The molecule has 2 aliphatic rings. The van der Waals surface area contributed by atoms with E-state index in [1.165, 1.54) is 12.1 Å². The van der Waals surface area contributed by atoms with Gasteiger partial charge in [-0.15, -0.1) is 5.10 Å². The highest BCUT2D eigenvalue weighted by Gasteiger charge is 2.29. The second kappa shape index (κ2) is 10.3. The van der Waals surface area contributed by atoms with Gasteiger partial charge in [0, 0.05) is 12.5 Å². The fourth-order valence-corrected chi connectivity index (χ4v) is 6.47. The van der Waals surface area contributed by atoms with Crippen LogP contribution in [0.1, 0.15) is 69.3 Å². The van der Waals surface area contributed by atoms with Crippen LogP contribution in [0.5, 0.6) is 5.75 Å². The van der Waals surface area contributed by atoms with Gasteiger partial charge in [-0.25, -0.2) is 17.9 Å². The number of hydrogen-bond acceptors (Lipinski definition) is 7. The quantitative estimate of drug-likeness (QED) is 0.426. The Morgan fingerprint density at radius 3 is 2.65 bits per heavy atom. The Kier molecular flexibility index (Phi) is 7.04. The number of aryl methyl sites for hydroxylation is 1. The minimum Gasteiger partial charge on any atom is -0.493 e. The zero-order valence-electron chi connectivity index (χ0n) is 21.0. The molecule has 1 saturated carbocycles. The van der Waals surface area contributed by atoms with Crippen molar-refractivity contribution < 1.29 is 17.9 Å². The smallest absolute Gasteiger partial charge is 0.277 e. The zero-order valence-corrected chi connectivity index (χ0v) is 21.9. The normalized spacial score (nSPS) is 19.2. The Morgan fingerprint density at radius 2 is 1.89 bits per heavy atom. The number of ether oxygens (including phenoxy) is 1. The van der Waals surface area contributed by atoms with E-state index in [4.69, 9.17) is 9.84 Å². The van der Waals surface area contributed by atoms with E-state index in [0.717, 1.165) is 44.3 Å². The number of amides is 1. The number of hydrogen-bond donors (Lipinski definition) is 3. The molecule has 3 heterocycles. The van der Waals surface area contributed by atoms with Gasteiger partial charge >= 0.3 is 0 Å². The molecular weight excluding hydrogens is 496 g/mol. The van der Waals surface area contributed by atoms with E-state index in [-0.39, 0.29) is 28.1 Å². The predicted molar refractivity (Wildman–Crippen MR) is 137 cm³/mol. The molecule has 1 atom stereocenters. The number of aromatic nitrogens is 4. The lowest BCUT2D eigenvalue weighted by Crippen LogP contribution is -2.45. The molecule has 1 amide bonds. The number of carbonyl (C=O) groups is 1. The second-order valence-electron chi connectivity index (χ2n) is 9.65. The third-order valence-electron chi connectivity index (χ3n) is 7.07. The molecule has 1 saturated heterocycles. The molecular formula is C25H32N6O5S. The van der Waals surface area contributed by atoms with Gasteiger partial charge in [0.25, 0.3) is 5.56 Å². The first kappa shape index (κ1) is 25.4. The summed E-state index contributed by atoms with van der Waals surface area (Å²) in [5.74, 6) is 1.20. The summed E-state index contributed by atoms with van der Waals surface area (Å²) in [5.41, 5.74) is 0.962. The van der Waals surface area contributed by atoms with Crippen molar-refractivity contribution in [2.24, 2.45) is 0 Å². The number of nitrogens with one attached hydrogen (secondary N) is 3. The number of aromatic amines is 1. The molecule has 0 radical (unpaired) electrons. The van der Waals surface area contributed by atoms with Gasteiger partial charge in [-0.2, -0.15) is 4.72 Å². The van der Waals surface area contributed by atoms with Gasteiger partial charge in [-0.3, -0.25) is 9.59 Å². The highest BCUT2D eigenvalue weighted by atomic mass is 32.2. The van der Waals surface area contributed by atoms with Crippen molar-refractivity contribution in [1.82, 2.24) is 29.6 Å². The van der Waals surface area contributed by atoms with E-state index >= 15 is 0 Å². The van der Waals surface area contributed by atoms with Crippen molar-refractivity contribution in [3.05, 3.63) is 40.1 Å². The molecule has 2 aromatic heterocycles. The lowest BCUT2D eigenvalue weighted by molar-refractivity contribution is -0.122. The van der Waals surface area contributed by atoms with Crippen LogP contribution in [0.4, 0.5) is 0 Å². The van der Waals surface area contributed by atoms with Crippen molar-refractivity contribution in [3.63, 3.8) is 0 Å². The number of fused-ring (bicyclic) bond motifs is 1. The van der Waals surface area contributed by atoms with Crippen LogP contribution < -0.4 is 20.3 Å². The minimum absolute atomic E-state index is 0.0522. The number of imidazole rings is 1. The van der Waals surface area contributed by atoms with Crippen molar-refractivity contribution in [1.29, 1.82) is 0 Å². The molecule has 3 aromatic rings. The predicted octanol–water partition coefficient (Wildman–Crippen LogP) is 2.40. The monoisotopic (exact) mass is 528 g/mol. The summed E-state index contributed by atoms with van der Waals surface area (Å²) in [6.07, 6.45) is 6.14. The second-order valence-corrected chi connectivity index (χ2v) is 11.4. The van der Waals surface area contributed by atoms with Crippen molar-refractivity contribution in [3.8, 4) is 17.1 Å². The summed E-state index contributed by atoms with van der Waals surface area (Å²) >= 11 is 0. The maximum absolute atomic E-state index is 13.3. The number of sulfonamides is 1. The van der Waals surface area contributed by atoms with Crippen LogP contribution in [0.25, 0.3) is 16.9 Å². The third kappa shape index (κ3) is 4.99. The molecule has 0 bridgehead atoms. The molecule has 3 N–H and O–H groups in total. The van der Waals surface area contributed by atoms with Crippen LogP contribution in [-0.4, -0.2) is 53.1 Å².